The Morgan fingerprint density at radius 3 is 2.73 bits per heavy atom. The molecule has 1 aliphatic carbocycles. The standard InChI is InChI=1S/C12H21N3/c1-8-5-4-6-11(7-8)13-12-9(2)14-15-10(12)3/h8,11,13H,4-7H2,1-3H3,(H,14,15). The van der Waals surface area contributed by atoms with Gasteiger partial charge in [-0.15, -0.1) is 0 Å². The summed E-state index contributed by atoms with van der Waals surface area (Å²) in [6, 6.07) is 0.642. The van der Waals surface area contributed by atoms with E-state index in [4.69, 9.17) is 0 Å². The maximum absolute atomic E-state index is 4.21. The second kappa shape index (κ2) is 4.25. The van der Waals surface area contributed by atoms with Crippen LogP contribution in [-0.4, -0.2) is 16.2 Å². The number of H-pyrrole nitrogens is 1. The van der Waals surface area contributed by atoms with Crippen molar-refractivity contribution in [1.82, 2.24) is 10.2 Å². The third-order valence-corrected chi connectivity index (χ3v) is 3.41. The highest BCUT2D eigenvalue weighted by molar-refractivity contribution is 5.52. The van der Waals surface area contributed by atoms with E-state index < -0.39 is 0 Å². The summed E-state index contributed by atoms with van der Waals surface area (Å²) in [7, 11) is 0. The molecule has 1 saturated carbocycles. The maximum atomic E-state index is 4.21. The van der Waals surface area contributed by atoms with Crippen LogP contribution in [0.2, 0.25) is 0 Å². The lowest BCUT2D eigenvalue weighted by atomic mass is 9.87. The predicted octanol–water partition coefficient (Wildman–Crippen LogP) is 3.02. The van der Waals surface area contributed by atoms with Crippen LogP contribution in [-0.2, 0) is 0 Å². The number of anilines is 1. The van der Waals surface area contributed by atoms with Crippen molar-refractivity contribution in [3.8, 4) is 0 Å². The van der Waals surface area contributed by atoms with Gasteiger partial charge in [-0.2, -0.15) is 5.10 Å². The Bertz CT molecular complexity index is 310. The zero-order valence-corrected chi connectivity index (χ0v) is 9.93. The molecule has 0 bridgehead atoms. The van der Waals surface area contributed by atoms with E-state index in [1.807, 2.05) is 0 Å². The van der Waals surface area contributed by atoms with Gasteiger partial charge < -0.3 is 5.32 Å². The Labute approximate surface area is 91.7 Å². The van der Waals surface area contributed by atoms with Gasteiger partial charge in [-0.1, -0.05) is 19.8 Å². The van der Waals surface area contributed by atoms with E-state index in [0.29, 0.717) is 6.04 Å². The number of rotatable bonds is 2. The van der Waals surface area contributed by atoms with Crippen molar-refractivity contribution < 1.29 is 0 Å². The van der Waals surface area contributed by atoms with Crippen molar-refractivity contribution in [1.29, 1.82) is 0 Å². The summed E-state index contributed by atoms with van der Waals surface area (Å²) in [5.74, 6) is 0.865. The van der Waals surface area contributed by atoms with Crippen LogP contribution in [0.15, 0.2) is 0 Å². The van der Waals surface area contributed by atoms with Gasteiger partial charge >= 0.3 is 0 Å². The van der Waals surface area contributed by atoms with Crippen LogP contribution in [0.25, 0.3) is 0 Å². The largest absolute Gasteiger partial charge is 0.379 e. The first kappa shape index (κ1) is 10.5. The zero-order chi connectivity index (χ0) is 10.8. The molecule has 1 aromatic heterocycles. The number of hydrogen-bond acceptors (Lipinski definition) is 2. The number of aromatic amines is 1. The van der Waals surface area contributed by atoms with Gasteiger partial charge in [-0.3, -0.25) is 5.10 Å². The van der Waals surface area contributed by atoms with Crippen molar-refractivity contribution in [2.75, 3.05) is 5.32 Å². The topological polar surface area (TPSA) is 40.7 Å². The molecule has 2 N–H and O–H groups in total. The normalized spacial score (nSPS) is 26.6. The van der Waals surface area contributed by atoms with Gasteiger partial charge in [0.15, 0.2) is 0 Å². The molecule has 2 rings (SSSR count). The molecule has 1 fully saturated rings. The fourth-order valence-corrected chi connectivity index (χ4v) is 2.53. The molecule has 84 valence electrons. The Hall–Kier alpha value is -0.990. The third-order valence-electron chi connectivity index (χ3n) is 3.41. The first-order chi connectivity index (χ1) is 7.16. The summed E-state index contributed by atoms with van der Waals surface area (Å²) in [6.07, 6.45) is 5.34. The summed E-state index contributed by atoms with van der Waals surface area (Å²) in [5.41, 5.74) is 3.46. The first-order valence-electron chi connectivity index (χ1n) is 5.95. The van der Waals surface area contributed by atoms with Crippen LogP contribution in [0.1, 0.15) is 44.0 Å². The summed E-state index contributed by atoms with van der Waals surface area (Å²) in [6.45, 7) is 6.48. The van der Waals surface area contributed by atoms with Gasteiger partial charge in [0.05, 0.1) is 17.1 Å². The quantitative estimate of drug-likeness (QED) is 0.782. The van der Waals surface area contributed by atoms with Crippen molar-refractivity contribution in [2.45, 2.75) is 52.5 Å². The Morgan fingerprint density at radius 1 is 1.33 bits per heavy atom. The third kappa shape index (κ3) is 2.33. The fourth-order valence-electron chi connectivity index (χ4n) is 2.53. The average Bonchev–Trinajstić information content (AvgIpc) is 2.50. The van der Waals surface area contributed by atoms with E-state index in [1.54, 1.807) is 0 Å². The molecule has 0 saturated heterocycles. The molecule has 15 heavy (non-hydrogen) atoms. The highest BCUT2D eigenvalue weighted by Crippen LogP contribution is 2.27. The summed E-state index contributed by atoms with van der Waals surface area (Å²) >= 11 is 0. The van der Waals surface area contributed by atoms with Crippen molar-refractivity contribution in [3.63, 3.8) is 0 Å². The monoisotopic (exact) mass is 207 g/mol. The second-order valence-corrected chi connectivity index (χ2v) is 4.92. The molecular formula is C12H21N3. The van der Waals surface area contributed by atoms with Gasteiger partial charge in [0, 0.05) is 6.04 Å². The lowest BCUT2D eigenvalue weighted by Gasteiger charge is -2.28. The maximum Gasteiger partial charge on any atom is 0.0825 e. The molecule has 0 aliphatic heterocycles. The number of nitrogens with zero attached hydrogens (tertiary/aromatic N) is 1. The minimum atomic E-state index is 0.642. The molecule has 1 heterocycles. The minimum absolute atomic E-state index is 0.642. The molecule has 2 unspecified atom stereocenters. The van der Waals surface area contributed by atoms with Gasteiger partial charge in [0.25, 0.3) is 0 Å². The fraction of sp³-hybridized carbons (Fsp3) is 0.750. The number of nitrogens with one attached hydrogen (secondary N) is 2. The molecule has 3 heteroatoms. The van der Waals surface area contributed by atoms with E-state index in [1.165, 1.54) is 31.4 Å². The number of aryl methyl sites for hydroxylation is 2. The van der Waals surface area contributed by atoms with Crippen LogP contribution in [0.4, 0.5) is 5.69 Å². The van der Waals surface area contributed by atoms with Gasteiger partial charge in [0.1, 0.15) is 0 Å². The second-order valence-electron chi connectivity index (χ2n) is 4.92. The van der Waals surface area contributed by atoms with Crippen molar-refractivity contribution >= 4 is 5.69 Å². The Balaban J connectivity index is 2.02. The molecule has 3 nitrogen and oxygen atoms in total. The number of aromatic nitrogens is 2. The summed E-state index contributed by atoms with van der Waals surface area (Å²) < 4.78 is 0. The molecule has 0 radical (unpaired) electrons. The van der Waals surface area contributed by atoms with E-state index in [9.17, 15) is 0 Å². The summed E-state index contributed by atoms with van der Waals surface area (Å²) in [4.78, 5) is 0. The van der Waals surface area contributed by atoms with Crippen LogP contribution in [0.5, 0.6) is 0 Å². The van der Waals surface area contributed by atoms with E-state index in [2.05, 4.69) is 36.3 Å². The minimum Gasteiger partial charge on any atom is -0.379 e. The van der Waals surface area contributed by atoms with Crippen LogP contribution >= 0.6 is 0 Å². The zero-order valence-electron chi connectivity index (χ0n) is 9.93. The molecule has 0 amide bonds. The van der Waals surface area contributed by atoms with Crippen LogP contribution < -0.4 is 5.32 Å². The van der Waals surface area contributed by atoms with Gasteiger partial charge in [0.2, 0.25) is 0 Å². The molecular weight excluding hydrogens is 186 g/mol. The van der Waals surface area contributed by atoms with E-state index in [-0.39, 0.29) is 0 Å². The van der Waals surface area contributed by atoms with Crippen LogP contribution in [0, 0.1) is 19.8 Å². The lowest BCUT2D eigenvalue weighted by molar-refractivity contribution is 0.358. The smallest absolute Gasteiger partial charge is 0.0825 e. The number of hydrogen-bond donors (Lipinski definition) is 2. The van der Waals surface area contributed by atoms with E-state index >= 15 is 0 Å². The Kier molecular flexibility index (Phi) is 2.98. The summed E-state index contributed by atoms with van der Waals surface area (Å²) in [5, 5.41) is 10.9. The first-order valence-corrected chi connectivity index (χ1v) is 5.95. The lowest BCUT2D eigenvalue weighted by Crippen LogP contribution is -2.26. The predicted molar refractivity (Wildman–Crippen MR) is 63.1 cm³/mol. The molecule has 1 aromatic rings. The molecule has 2 atom stereocenters. The van der Waals surface area contributed by atoms with Crippen LogP contribution in [0.3, 0.4) is 0 Å². The van der Waals surface area contributed by atoms with Gasteiger partial charge in [-0.25, -0.2) is 0 Å². The highest BCUT2D eigenvalue weighted by atomic mass is 15.2. The van der Waals surface area contributed by atoms with Crippen molar-refractivity contribution in [3.05, 3.63) is 11.4 Å². The van der Waals surface area contributed by atoms with E-state index in [0.717, 1.165) is 17.3 Å². The van der Waals surface area contributed by atoms with Gasteiger partial charge in [-0.05, 0) is 32.6 Å². The molecule has 0 aromatic carbocycles. The Morgan fingerprint density at radius 2 is 2.13 bits per heavy atom. The SMILES string of the molecule is Cc1n[nH]c(C)c1NC1CCCC(C)C1. The molecule has 1 aliphatic rings. The molecule has 0 spiro atoms. The average molecular weight is 207 g/mol. The van der Waals surface area contributed by atoms with Crippen molar-refractivity contribution in [2.24, 2.45) is 5.92 Å². The highest BCUT2D eigenvalue weighted by Gasteiger charge is 2.20.